The minimum Gasteiger partial charge on any atom is -0.483 e. The zero-order chi connectivity index (χ0) is 23.1. The summed E-state index contributed by atoms with van der Waals surface area (Å²) < 4.78 is 11.0. The Balaban J connectivity index is 1.80. The number of nitrogens with one attached hydrogen (secondary N) is 1. The first kappa shape index (κ1) is 23.5. The molecular formula is C26H29NO4S. The van der Waals surface area contributed by atoms with E-state index in [0.29, 0.717) is 16.3 Å². The Morgan fingerprint density at radius 1 is 1.03 bits per heavy atom. The number of aryl methyl sites for hydroxylation is 1. The molecule has 0 unspecified atom stereocenters. The number of ether oxygens (including phenoxy) is 2. The van der Waals surface area contributed by atoms with Gasteiger partial charge >= 0.3 is 5.97 Å². The summed E-state index contributed by atoms with van der Waals surface area (Å²) in [4.78, 5) is 25.4. The van der Waals surface area contributed by atoms with E-state index in [9.17, 15) is 9.59 Å². The predicted molar refractivity (Wildman–Crippen MR) is 130 cm³/mol. The Morgan fingerprint density at radius 3 is 2.41 bits per heavy atom. The number of carbonyl (C=O) groups is 2. The number of thiophene rings is 1. The Bertz CT molecular complexity index is 1070. The molecule has 0 aliphatic heterocycles. The van der Waals surface area contributed by atoms with E-state index in [4.69, 9.17) is 9.47 Å². The molecule has 0 radical (unpaired) electrons. The van der Waals surface area contributed by atoms with Crippen LogP contribution in [0.25, 0.3) is 11.1 Å². The van der Waals surface area contributed by atoms with Crippen molar-refractivity contribution in [3.05, 3.63) is 70.6 Å². The lowest BCUT2D eigenvalue weighted by Crippen LogP contribution is -2.21. The summed E-state index contributed by atoms with van der Waals surface area (Å²) in [7, 11) is 0. The summed E-state index contributed by atoms with van der Waals surface area (Å²) in [6.45, 7) is 8.12. The van der Waals surface area contributed by atoms with E-state index in [1.54, 1.807) is 6.92 Å². The SMILES string of the molecule is CCOC(=O)c1c(-c2ccc(CC)cc2)csc1NC(=O)COc1ccccc1C(C)C. The molecule has 5 nitrogen and oxygen atoms in total. The van der Waals surface area contributed by atoms with Crippen molar-refractivity contribution in [3.63, 3.8) is 0 Å². The molecule has 0 bridgehead atoms. The highest BCUT2D eigenvalue weighted by Crippen LogP contribution is 2.36. The second-order valence-electron chi connectivity index (χ2n) is 7.65. The third kappa shape index (κ3) is 5.56. The van der Waals surface area contributed by atoms with Crippen LogP contribution in [0.4, 0.5) is 5.00 Å². The Kier molecular flexibility index (Phi) is 8.06. The minimum absolute atomic E-state index is 0.148. The molecule has 0 saturated carbocycles. The highest BCUT2D eigenvalue weighted by Gasteiger charge is 2.23. The molecule has 1 aromatic heterocycles. The predicted octanol–water partition coefficient (Wildman–Crippen LogP) is 6.30. The Hall–Kier alpha value is -3.12. The van der Waals surface area contributed by atoms with Gasteiger partial charge in [-0.05, 0) is 42.0 Å². The fraction of sp³-hybridized carbons (Fsp3) is 0.308. The van der Waals surface area contributed by atoms with Crippen molar-refractivity contribution in [1.29, 1.82) is 0 Å². The van der Waals surface area contributed by atoms with Crippen LogP contribution >= 0.6 is 11.3 Å². The quantitative estimate of drug-likeness (QED) is 0.388. The van der Waals surface area contributed by atoms with Crippen LogP contribution in [0.15, 0.2) is 53.9 Å². The summed E-state index contributed by atoms with van der Waals surface area (Å²) >= 11 is 1.30. The van der Waals surface area contributed by atoms with Gasteiger partial charge in [-0.3, -0.25) is 4.79 Å². The van der Waals surface area contributed by atoms with Gasteiger partial charge in [0, 0.05) is 10.9 Å². The fourth-order valence-corrected chi connectivity index (χ4v) is 4.36. The van der Waals surface area contributed by atoms with Gasteiger partial charge < -0.3 is 14.8 Å². The van der Waals surface area contributed by atoms with Gasteiger partial charge in [-0.1, -0.05) is 63.2 Å². The molecule has 3 aromatic rings. The highest BCUT2D eigenvalue weighted by molar-refractivity contribution is 7.15. The van der Waals surface area contributed by atoms with Gasteiger partial charge in [-0.2, -0.15) is 0 Å². The van der Waals surface area contributed by atoms with Crippen LogP contribution in [0, 0.1) is 0 Å². The summed E-state index contributed by atoms with van der Waals surface area (Å²) in [5.74, 6) is 0.184. The van der Waals surface area contributed by atoms with Crippen LogP contribution in [0.2, 0.25) is 0 Å². The zero-order valence-corrected chi connectivity index (χ0v) is 19.8. The van der Waals surface area contributed by atoms with Crippen molar-refractivity contribution < 1.29 is 19.1 Å². The van der Waals surface area contributed by atoms with Gasteiger partial charge in [0.05, 0.1) is 6.61 Å². The summed E-state index contributed by atoms with van der Waals surface area (Å²) in [5.41, 5.74) is 4.29. The molecule has 6 heteroatoms. The van der Waals surface area contributed by atoms with Crippen molar-refractivity contribution >= 4 is 28.2 Å². The standard InChI is InChI=1S/C26H29NO4S/c1-5-18-11-13-19(14-12-18)21-16-32-25(24(21)26(29)30-6-2)27-23(28)15-31-22-10-8-7-9-20(22)17(3)4/h7-14,16-17H,5-6,15H2,1-4H3,(H,27,28). The number of benzene rings is 2. The average molecular weight is 452 g/mol. The third-order valence-corrected chi connectivity index (χ3v) is 5.99. The van der Waals surface area contributed by atoms with Crippen molar-refractivity contribution in [3.8, 4) is 16.9 Å². The molecule has 0 spiro atoms. The molecular weight excluding hydrogens is 422 g/mol. The number of hydrogen-bond donors (Lipinski definition) is 1. The molecule has 1 N–H and O–H groups in total. The van der Waals surface area contributed by atoms with Crippen LogP contribution in [0.3, 0.4) is 0 Å². The van der Waals surface area contributed by atoms with Gasteiger partial charge in [0.1, 0.15) is 16.3 Å². The smallest absolute Gasteiger partial charge is 0.341 e. The van der Waals surface area contributed by atoms with E-state index in [2.05, 4.69) is 26.1 Å². The van der Waals surface area contributed by atoms with Gasteiger partial charge in [0.15, 0.2) is 6.61 Å². The number of esters is 1. The van der Waals surface area contributed by atoms with Crippen LogP contribution in [0.5, 0.6) is 5.75 Å². The van der Waals surface area contributed by atoms with Gasteiger partial charge in [-0.15, -0.1) is 11.3 Å². The van der Waals surface area contributed by atoms with E-state index >= 15 is 0 Å². The molecule has 32 heavy (non-hydrogen) atoms. The first-order chi connectivity index (χ1) is 15.4. The van der Waals surface area contributed by atoms with Crippen molar-refractivity contribution in [2.75, 3.05) is 18.5 Å². The molecule has 2 aromatic carbocycles. The monoisotopic (exact) mass is 451 g/mol. The zero-order valence-electron chi connectivity index (χ0n) is 18.9. The molecule has 1 amide bonds. The average Bonchev–Trinajstić information content (AvgIpc) is 3.21. The Morgan fingerprint density at radius 2 is 1.75 bits per heavy atom. The summed E-state index contributed by atoms with van der Waals surface area (Å²) in [6.07, 6.45) is 0.940. The molecule has 168 valence electrons. The van der Waals surface area contributed by atoms with E-state index in [1.165, 1.54) is 16.9 Å². The first-order valence-electron chi connectivity index (χ1n) is 10.8. The second kappa shape index (κ2) is 11.0. The maximum Gasteiger partial charge on any atom is 0.341 e. The normalized spacial score (nSPS) is 10.8. The molecule has 0 atom stereocenters. The van der Waals surface area contributed by atoms with Gasteiger partial charge in [0.25, 0.3) is 5.91 Å². The lowest BCUT2D eigenvalue weighted by atomic mass is 10.0. The van der Waals surface area contributed by atoms with Crippen LogP contribution in [-0.4, -0.2) is 25.1 Å². The molecule has 0 fully saturated rings. The lowest BCUT2D eigenvalue weighted by Gasteiger charge is -2.14. The topological polar surface area (TPSA) is 64.6 Å². The number of anilines is 1. The molecule has 0 aliphatic carbocycles. The summed E-state index contributed by atoms with van der Waals surface area (Å²) in [6, 6.07) is 15.7. The van der Waals surface area contributed by atoms with Crippen LogP contribution < -0.4 is 10.1 Å². The fourth-order valence-electron chi connectivity index (χ4n) is 3.38. The molecule has 0 aliphatic rings. The molecule has 0 saturated heterocycles. The van der Waals surface area contributed by atoms with Crippen molar-refractivity contribution in [2.45, 2.75) is 40.0 Å². The number of carbonyl (C=O) groups excluding carboxylic acids is 2. The maximum absolute atomic E-state index is 12.7. The van der Waals surface area contributed by atoms with Crippen LogP contribution in [-0.2, 0) is 16.0 Å². The summed E-state index contributed by atoms with van der Waals surface area (Å²) in [5, 5.41) is 5.17. The van der Waals surface area contributed by atoms with Gasteiger partial charge in [-0.25, -0.2) is 4.79 Å². The first-order valence-corrected chi connectivity index (χ1v) is 11.7. The van der Waals surface area contributed by atoms with Crippen LogP contribution in [0.1, 0.15) is 55.1 Å². The second-order valence-corrected chi connectivity index (χ2v) is 8.53. The third-order valence-electron chi connectivity index (χ3n) is 5.10. The highest BCUT2D eigenvalue weighted by atomic mass is 32.1. The van der Waals surface area contributed by atoms with E-state index in [1.807, 2.05) is 53.9 Å². The number of hydrogen-bond acceptors (Lipinski definition) is 5. The maximum atomic E-state index is 12.7. The number of para-hydroxylation sites is 1. The van der Waals surface area contributed by atoms with E-state index < -0.39 is 5.97 Å². The lowest BCUT2D eigenvalue weighted by molar-refractivity contribution is -0.118. The number of amides is 1. The molecule has 3 rings (SSSR count). The van der Waals surface area contributed by atoms with Crippen molar-refractivity contribution in [2.24, 2.45) is 0 Å². The van der Waals surface area contributed by atoms with Gasteiger partial charge in [0.2, 0.25) is 0 Å². The van der Waals surface area contributed by atoms with Crippen molar-refractivity contribution in [1.82, 2.24) is 0 Å². The largest absolute Gasteiger partial charge is 0.483 e. The number of rotatable bonds is 9. The molecule has 1 heterocycles. The van der Waals surface area contributed by atoms with E-state index in [0.717, 1.165) is 23.1 Å². The van der Waals surface area contributed by atoms with E-state index in [-0.39, 0.29) is 25.0 Å². The minimum atomic E-state index is -0.454. The Labute approximate surface area is 193 Å².